The van der Waals surface area contributed by atoms with Gasteiger partial charge in [-0.1, -0.05) is 55.1 Å². The van der Waals surface area contributed by atoms with Crippen LogP contribution in [0.5, 0.6) is 5.75 Å². The molecule has 0 saturated heterocycles. The van der Waals surface area contributed by atoms with Crippen LogP contribution < -0.4 is 4.74 Å². The Morgan fingerprint density at radius 2 is 1.48 bits per heavy atom. The van der Waals surface area contributed by atoms with Crippen LogP contribution in [0.2, 0.25) is 0 Å². The van der Waals surface area contributed by atoms with Crippen molar-refractivity contribution in [3.63, 3.8) is 0 Å². The van der Waals surface area contributed by atoms with Gasteiger partial charge in [-0.3, -0.25) is 0 Å². The van der Waals surface area contributed by atoms with Crippen molar-refractivity contribution >= 4 is 38.8 Å². The number of ether oxygens (including phenoxy) is 2. The topological polar surface area (TPSA) is 35.5 Å². The molecule has 0 aromatic heterocycles. The van der Waals surface area contributed by atoms with Gasteiger partial charge >= 0.3 is 33.3 Å². The Hall–Kier alpha value is -1.63. The number of rotatable bonds is 6. The molecule has 0 aliphatic carbocycles. The molecule has 2 aromatic rings. The molecule has 0 N–H and O–H groups in total. The average Bonchev–Trinajstić information content (AvgIpc) is 2.52. The summed E-state index contributed by atoms with van der Waals surface area (Å²) >= 11 is 0. The van der Waals surface area contributed by atoms with E-state index in [0.717, 1.165) is 11.3 Å². The van der Waals surface area contributed by atoms with E-state index in [1.165, 1.54) is 0 Å². The quantitative estimate of drug-likeness (QED) is 0.278. The summed E-state index contributed by atoms with van der Waals surface area (Å²) in [5.74, 6) is 0.332. The molecule has 0 fully saturated rings. The van der Waals surface area contributed by atoms with Gasteiger partial charge in [-0.05, 0) is 17.7 Å². The summed E-state index contributed by atoms with van der Waals surface area (Å²) in [5, 5.41) is 0. The molecular weight excluding hydrogens is 459 g/mol. The maximum absolute atomic E-state index is 11.8. The molecule has 0 heterocycles. The molecule has 0 bridgehead atoms. The van der Waals surface area contributed by atoms with E-state index in [4.69, 9.17) is 9.47 Å². The van der Waals surface area contributed by atoms with Crippen molar-refractivity contribution in [3.05, 3.63) is 72.8 Å². The van der Waals surface area contributed by atoms with E-state index in [1.807, 2.05) is 60.7 Å². The number of esters is 1. The predicted octanol–water partition coefficient (Wildman–Crippen LogP) is 2.41. The van der Waals surface area contributed by atoms with E-state index in [1.54, 1.807) is 0 Å². The van der Waals surface area contributed by atoms with Gasteiger partial charge in [0, 0.05) is 0 Å². The fourth-order valence-electron chi connectivity index (χ4n) is 1.65. The van der Waals surface area contributed by atoms with Crippen LogP contribution in [0.1, 0.15) is 5.56 Å². The monoisotopic (exact) mass is 478 g/mol. The molecular formula is C17H18O3Pb. The Labute approximate surface area is 144 Å². The molecule has 0 unspecified atom stereocenters. The second kappa shape index (κ2) is 9.33. The van der Waals surface area contributed by atoms with Crippen molar-refractivity contribution in [1.29, 1.82) is 0 Å². The van der Waals surface area contributed by atoms with Gasteiger partial charge < -0.3 is 9.47 Å². The van der Waals surface area contributed by atoms with Crippen molar-refractivity contribution in [3.8, 4) is 5.75 Å². The van der Waals surface area contributed by atoms with Crippen LogP contribution in [-0.2, 0) is 9.53 Å². The summed E-state index contributed by atoms with van der Waals surface area (Å²) in [6, 6.07) is 18.6. The molecule has 0 aliphatic heterocycles. The molecule has 0 atom stereocenters. The van der Waals surface area contributed by atoms with Gasteiger partial charge in [0.2, 0.25) is 0 Å². The van der Waals surface area contributed by atoms with E-state index in [2.05, 4.69) is 6.58 Å². The zero-order chi connectivity index (χ0) is 14.2. The van der Waals surface area contributed by atoms with Crippen LogP contribution in [0.25, 0.3) is 5.57 Å². The zero-order valence-corrected chi connectivity index (χ0v) is 17.3. The van der Waals surface area contributed by atoms with E-state index in [0.29, 0.717) is 12.2 Å². The van der Waals surface area contributed by atoms with Crippen LogP contribution in [0, 0.1) is 0 Å². The normalized spacial score (nSPS) is 9.33. The summed E-state index contributed by atoms with van der Waals surface area (Å²) < 4.78 is 10.6. The average molecular weight is 478 g/mol. The molecule has 2 radical (unpaired) electrons. The van der Waals surface area contributed by atoms with E-state index < -0.39 is 5.97 Å². The molecule has 0 spiro atoms. The molecule has 4 heteroatoms. The third-order valence-electron chi connectivity index (χ3n) is 2.70. The first kappa shape index (κ1) is 17.4. The SMILES string of the molecule is C=C(C(=O)OCCOc1ccccc1)c1ccccc1.[PbH2]. The molecule has 108 valence electrons. The maximum atomic E-state index is 11.8. The number of hydrogen-bond donors (Lipinski definition) is 0. The number of carbonyl (C=O) groups is 1. The minimum atomic E-state index is -0.423. The Bertz CT molecular complexity index is 567. The Kier molecular flexibility index (Phi) is 7.74. The Morgan fingerprint density at radius 3 is 2.10 bits per heavy atom. The number of hydrogen-bond acceptors (Lipinski definition) is 3. The number of para-hydroxylation sites is 1. The summed E-state index contributed by atoms with van der Waals surface area (Å²) in [4.78, 5) is 11.8. The third kappa shape index (κ3) is 5.71. The number of benzene rings is 2. The Morgan fingerprint density at radius 1 is 0.905 bits per heavy atom. The summed E-state index contributed by atoms with van der Waals surface area (Å²) in [6.07, 6.45) is 0. The van der Waals surface area contributed by atoms with Crippen LogP contribution >= 0.6 is 0 Å². The molecule has 21 heavy (non-hydrogen) atoms. The molecule has 2 aromatic carbocycles. The standard InChI is InChI=1S/C17H16O3.Pb.2H/c1-14(15-8-4-2-5-9-15)17(18)20-13-12-19-16-10-6-3-7-11-16;;;/h2-11H,1,12-13H2;;;. The van der Waals surface area contributed by atoms with Crippen molar-refractivity contribution in [2.24, 2.45) is 0 Å². The second-order valence-corrected chi connectivity index (χ2v) is 4.14. The Balaban J connectivity index is 0.00000220. The fourth-order valence-corrected chi connectivity index (χ4v) is 1.65. The van der Waals surface area contributed by atoms with Crippen molar-refractivity contribution in [2.45, 2.75) is 0 Å². The first-order valence-electron chi connectivity index (χ1n) is 6.36. The summed E-state index contributed by atoms with van der Waals surface area (Å²) in [7, 11) is 0. The van der Waals surface area contributed by atoms with Gasteiger partial charge in [0.1, 0.15) is 19.0 Å². The van der Waals surface area contributed by atoms with Crippen molar-refractivity contribution < 1.29 is 14.3 Å². The van der Waals surface area contributed by atoms with Crippen molar-refractivity contribution in [2.75, 3.05) is 13.2 Å². The summed E-state index contributed by atoms with van der Waals surface area (Å²) in [5.41, 5.74) is 1.12. The van der Waals surface area contributed by atoms with Crippen LogP contribution in [0.3, 0.4) is 0 Å². The zero-order valence-electron chi connectivity index (χ0n) is 11.8. The summed E-state index contributed by atoms with van der Waals surface area (Å²) in [6.45, 7) is 4.26. The van der Waals surface area contributed by atoms with Gasteiger partial charge in [-0.15, -0.1) is 0 Å². The second-order valence-electron chi connectivity index (χ2n) is 4.14. The van der Waals surface area contributed by atoms with E-state index in [9.17, 15) is 4.79 Å². The fraction of sp³-hybridized carbons (Fsp3) is 0.118. The van der Waals surface area contributed by atoms with Gasteiger partial charge in [0.05, 0.1) is 5.57 Å². The molecule has 0 aliphatic rings. The molecule has 3 nitrogen and oxygen atoms in total. The first-order chi connectivity index (χ1) is 9.77. The van der Waals surface area contributed by atoms with Crippen LogP contribution in [0.15, 0.2) is 67.2 Å². The molecule has 0 saturated carbocycles. The minimum absolute atomic E-state index is 0. The van der Waals surface area contributed by atoms with E-state index in [-0.39, 0.29) is 33.9 Å². The molecule has 0 amide bonds. The van der Waals surface area contributed by atoms with Gasteiger partial charge in [-0.2, -0.15) is 0 Å². The van der Waals surface area contributed by atoms with Crippen LogP contribution in [-0.4, -0.2) is 46.5 Å². The van der Waals surface area contributed by atoms with Crippen LogP contribution in [0.4, 0.5) is 0 Å². The van der Waals surface area contributed by atoms with Gasteiger partial charge in [0.15, 0.2) is 0 Å². The van der Waals surface area contributed by atoms with E-state index >= 15 is 0 Å². The predicted molar refractivity (Wildman–Crippen MR) is 86.9 cm³/mol. The van der Waals surface area contributed by atoms with Gasteiger partial charge in [-0.25, -0.2) is 4.79 Å². The van der Waals surface area contributed by atoms with Crippen molar-refractivity contribution in [1.82, 2.24) is 0 Å². The third-order valence-corrected chi connectivity index (χ3v) is 2.70. The molecule has 2 rings (SSSR count). The van der Waals surface area contributed by atoms with Gasteiger partial charge in [0.25, 0.3) is 0 Å². The number of carbonyl (C=O) groups excluding carboxylic acids is 1. The first-order valence-corrected chi connectivity index (χ1v) is 6.36.